The quantitative estimate of drug-likeness (QED) is 0.587. The fraction of sp³-hybridized carbons (Fsp3) is 0.333. The summed E-state index contributed by atoms with van der Waals surface area (Å²) in [5.41, 5.74) is 0.618. The van der Waals surface area contributed by atoms with Crippen LogP contribution in [0.25, 0.3) is 0 Å². The van der Waals surface area contributed by atoms with Crippen LogP contribution in [0, 0.1) is 0 Å². The van der Waals surface area contributed by atoms with Gasteiger partial charge in [-0.2, -0.15) is 0 Å². The minimum absolute atomic E-state index is 0.165. The van der Waals surface area contributed by atoms with Crippen LogP contribution in [0.2, 0.25) is 0 Å². The number of benzene rings is 1. The van der Waals surface area contributed by atoms with Crippen molar-refractivity contribution >= 4 is 0 Å². The van der Waals surface area contributed by atoms with Crippen molar-refractivity contribution in [2.24, 2.45) is 0 Å². The monoisotopic (exact) mass is 168 g/mol. The molecule has 1 rings (SSSR count). The normalized spacial score (nSPS) is 12.8. The van der Waals surface area contributed by atoms with E-state index in [1.54, 1.807) is 6.07 Å². The van der Waals surface area contributed by atoms with Crippen molar-refractivity contribution in [1.82, 2.24) is 0 Å². The Morgan fingerprint density at radius 2 is 1.92 bits per heavy atom. The number of phenolic OH excluding ortho intramolecular Hbond substituents is 2. The van der Waals surface area contributed by atoms with Gasteiger partial charge in [-0.15, -0.1) is 0 Å². The molecule has 0 amide bonds. The lowest BCUT2D eigenvalue weighted by molar-refractivity contribution is 0.173. The number of rotatable bonds is 2. The lowest BCUT2D eigenvalue weighted by Gasteiger charge is -2.08. The minimum atomic E-state index is -0.573. The summed E-state index contributed by atoms with van der Waals surface area (Å²) >= 11 is 0. The molecule has 0 fully saturated rings. The van der Waals surface area contributed by atoms with Crippen LogP contribution >= 0.6 is 0 Å². The molecule has 0 radical (unpaired) electrons. The first-order chi connectivity index (χ1) is 5.65. The summed E-state index contributed by atoms with van der Waals surface area (Å²) in [4.78, 5) is 0. The van der Waals surface area contributed by atoms with Crippen molar-refractivity contribution in [3.05, 3.63) is 23.8 Å². The molecule has 0 aromatic heterocycles. The van der Waals surface area contributed by atoms with E-state index in [0.29, 0.717) is 12.0 Å². The molecule has 0 aliphatic rings. The van der Waals surface area contributed by atoms with Crippen LogP contribution in [0.5, 0.6) is 11.5 Å². The summed E-state index contributed by atoms with van der Waals surface area (Å²) in [6.07, 6.45) is 0.0148. The molecule has 0 saturated carbocycles. The molecule has 3 heteroatoms. The highest BCUT2D eigenvalue weighted by atomic mass is 16.3. The first-order valence-corrected chi connectivity index (χ1v) is 3.85. The van der Waals surface area contributed by atoms with Crippen molar-refractivity contribution < 1.29 is 15.3 Å². The second-order valence-electron chi connectivity index (χ2n) is 2.67. The van der Waals surface area contributed by atoms with Crippen molar-refractivity contribution in [2.45, 2.75) is 19.4 Å². The van der Waals surface area contributed by atoms with Gasteiger partial charge in [-0.1, -0.05) is 13.0 Å². The third-order valence-electron chi connectivity index (χ3n) is 1.77. The van der Waals surface area contributed by atoms with Gasteiger partial charge in [-0.05, 0) is 24.1 Å². The second-order valence-corrected chi connectivity index (χ2v) is 2.67. The number of hydrogen-bond acceptors (Lipinski definition) is 3. The third-order valence-corrected chi connectivity index (χ3v) is 1.77. The van der Waals surface area contributed by atoms with E-state index >= 15 is 0 Å². The second kappa shape index (κ2) is 3.45. The van der Waals surface area contributed by atoms with Gasteiger partial charge in [-0.3, -0.25) is 0 Å². The molecule has 0 saturated heterocycles. The Balaban J connectivity index is 2.96. The van der Waals surface area contributed by atoms with Crippen LogP contribution in [0.4, 0.5) is 0 Å². The van der Waals surface area contributed by atoms with Gasteiger partial charge in [0.25, 0.3) is 0 Å². The zero-order chi connectivity index (χ0) is 9.14. The minimum Gasteiger partial charge on any atom is -0.504 e. The highest BCUT2D eigenvalue weighted by Gasteiger charge is 2.06. The molecule has 3 nitrogen and oxygen atoms in total. The Labute approximate surface area is 70.9 Å². The highest BCUT2D eigenvalue weighted by molar-refractivity contribution is 5.41. The lowest BCUT2D eigenvalue weighted by atomic mass is 10.1. The first kappa shape index (κ1) is 8.87. The van der Waals surface area contributed by atoms with Gasteiger partial charge < -0.3 is 15.3 Å². The van der Waals surface area contributed by atoms with Gasteiger partial charge in [0.05, 0.1) is 6.10 Å². The van der Waals surface area contributed by atoms with Crippen LogP contribution in [0.3, 0.4) is 0 Å². The Hall–Kier alpha value is -1.22. The summed E-state index contributed by atoms with van der Waals surface area (Å²) < 4.78 is 0. The Morgan fingerprint density at radius 3 is 2.42 bits per heavy atom. The molecule has 0 aliphatic heterocycles. The number of hydrogen-bond donors (Lipinski definition) is 3. The van der Waals surface area contributed by atoms with Crippen molar-refractivity contribution in [2.75, 3.05) is 0 Å². The smallest absolute Gasteiger partial charge is 0.157 e. The number of aliphatic hydroxyl groups excluding tert-OH is 1. The van der Waals surface area contributed by atoms with E-state index in [0.717, 1.165) is 0 Å². The Bertz CT molecular complexity index is 270. The van der Waals surface area contributed by atoms with E-state index in [-0.39, 0.29) is 11.5 Å². The van der Waals surface area contributed by atoms with Crippen LogP contribution < -0.4 is 0 Å². The summed E-state index contributed by atoms with van der Waals surface area (Å²) in [6.45, 7) is 1.84. The lowest BCUT2D eigenvalue weighted by Crippen LogP contribution is -1.93. The van der Waals surface area contributed by atoms with Crippen molar-refractivity contribution in [3.63, 3.8) is 0 Å². The SMILES string of the molecule is CC[C@H](O)c1ccc(O)c(O)c1. The molecule has 3 N–H and O–H groups in total. The molecule has 12 heavy (non-hydrogen) atoms. The maximum Gasteiger partial charge on any atom is 0.157 e. The standard InChI is InChI=1S/C9H12O3/c1-2-7(10)6-3-4-8(11)9(12)5-6/h3-5,7,10-12H,2H2,1H3/t7-/m0/s1. The number of aromatic hydroxyl groups is 2. The molecule has 1 atom stereocenters. The van der Waals surface area contributed by atoms with E-state index in [2.05, 4.69) is 0 Å². The topological polar surface area (TPSA) is 60.7 Å². The number of phenols is 2. The Kier molecular flexibility index (Phi) is 2.55. The van der Waals surface area contributed by atoms with E-state index in [1.165, 1.54) is 12.1 Å². The van der Waals surface area contributed by atoms with Gasteiger partial charge in [0, 0.05) is 0 Å². The van der Waals surface area contributed by atoms with E-state index in [9.17, 15) is 5.11 Å². The molecular formula is C9H12O3. The van der Waals surface area contributed by atoms with E-state index in [1.807, 2.05) is 6.92 Å². The molecule has 66 valence electrons. The van der Waals surface area contributed by atoms with E-state index in [4.69, 9.17) is 10.2 Å². The third kappa shape index (κ3) is 1.68. The molecule has 0 bridgehead atoms. The molecule has 0 unspecified atom stereocenters. The average Bonchev–Trinajstić information content (AvgIpc) is 2.08. The summed E-state index contributed by atoms with van der Waals surface area (Å²) in [5.74, 6) is -0.359. The molecule has 0 aliphatic carbocycles. The van der Waals surface area contributed by atoms with Gasteiger partial charge in [0.1, 0.15) is 0 Å². The summed E-state index contributed by atoms with van der Waals surface area (Å²) in [6, 6.07) is 4.32. The van der Waals surface area contributed by atoms with Crippen LogP contribution in [-0.4, -0.2) is 15.3 Å². The Morgan fingerprint density at radius 1 is 1.25 bits per heavy atom. The first-order valence-electron chi connectivity index (χ1n) is 3.85. The van der Waals surface area contributed by atoms with Gasteiger partial charge in [0.15, 0.2) is 11.5 Å². The van der Waals surface area contributed by atoms with Crippen LogP contribution in [0.1, 0.15) is 25.0 Å². The molecule has 0 heterocycles. The maximum atomic E-state index is 9.35. The van der Waals surface area contributed by atoms with Crippen LogP contribution in [-0.2, 0) is 0 Å². The molecular weight excluding hydrogens is 156 g/mol. The highest BCUT2D eigenvalue weighted by Crippen LogP contribution is 2.28. The van der Waals surface area contributed by atoms with Crippen LogP contribution in [0.15, 0.2) is 18.2 Å². The molecule has 1 aromatic rings. The molecule has 1 aromatic carbocycles. The predicted octanol–water partition coefficient (Wildman–Crippen LogP) is 1.54. The fourth-order valence-corrected chi connectivity index (χ4v) is 0.983. The van der Waals surface area contributed by atoms with Crippen molar-refractivity contribution in [3.8, 4) is 11.5 Å². The largest absolute Gasteiger partial charge is 0.504 e. The van der Waals surface area contributed by atoms with Crippen molar-refractivity contribution in [1.29, 1.82) is 0 Å². The van der Waals surface area contributed by atoms with Gasteiger partial charge >= 0.3 is 0 Å². The van der Waals surface area contributed by atoms with E-state index < -0.39 is 6.10 Å². The summed E-state index contributed by atoms with van der Waals surface area (Å²) in [5, 5.41) is 27.4. The zero-order valence-electron chi connectivity index (χ0n) is 6.86. The fourth-order valence-electron chi connectivity index (χ4n) is 0.983. The number of aliphatic hydroxyl groups is 1. The average molecular weight is 168 g/mol. The molecule has 0 spiro atoms. The van der Waals surface area contributed by atoms with Gasteiger partial charge in [-0.25, -0.2) is 0 Å². The summed E-state index contributed by atoms with van der Waals surface area (Å²) in [7, 11) is 0. The zero-order valence-corrected chi connectivity index (χ0v) is 6.86. The predicted molar refractivity (Wildman–Crippen MR) is 45.0 cm³/mol. The maximum absolute atomic E-state index is 9.35. The van der Waals surface area contributed by atoms with Gasteiger partial charge in [0.2, 0.25) is 0 Å².